The Morgan fingerprint density at radius 2 is 1.07 bits per heavy atom. The fourth-order valence-electron chi connectivity index (χ4n) is 3.28. The maximum absolute atomic E-state index is 13.1. The summed E-state index contributed by atoms with van der Waals surface area (Å²) in [5, 5.41) is 0. The lowest BCUT2D eigenvalue weighted by Crippen LogP contribution is -2.20. The molecule has 0 unspecified atom stereocenters. The van der Waals surface area contributed by atoms with Crippen LogP contribution in [0.3, 0.4) is 0 Å². The summed E-state index contributed by atoms with van der Waals surface area (Å²) in [6.45, 7) is 0.490. The highest BCUT2D eigenvalue weighted by Crippen LogP contribution is 2.27. The SMILES string of the molecule is O=C(Oc1ccc(OCc2ccccc2)cc1)C(c1ccccc1)c1ccccc1. The fourth-order valence-corrected chi connectivity index (χ4v) is 3.28. The third-order valence-electron chi connectivity index (χ3n) is 4.79. The van der Waals surface area contributed by atoms with Crippen molar-refractivity contribution in [2.75, 3.05) is 0 Å². The Morgan fingerprint density at radius 1 is 0.600 bits per heavy atom. The van der Waals surface area contributed by atoms with E-state index in [-0.39, 0.29) is 5.97 Å². The van der Waals surface area contributed by atoms with Crippen LogP contribution in [0.25, 0.3) is 0 Å². The molecule has 0 radical (unpaired) electrons. The molecule has 0 aliphatic heterocycles. The highest BCUT2D eigenvalue weighted by Gasteiger charge is 2.24. The van der Waals surface area contributed by atoms with E-state index in [9.17, 15) is 4.79 Å². The van der Waals surface area contributed by atoms with Gasteiger partial charge in [0.1, 0.15) is 24.0 Å². The van der Waals surface area contributed by atoms with Crippen molar-refractivity contribution in [2.45, 2.75) is 12.5 Å². The zero-order valence-electron chi connectivity index (χ0n) is 16.5. The number of hydrogen-bond donors (Lipinski definition) is 0. The van der Waals surface area contributed by atoms with Crippen LogP contribution in [0.1, 0.15) is 22.6 Å². The Kier molecular flexibility index (Phi) is 6.21. The molecule has 0 fully saturated rings. The van der Waals surface area contributed by atoms with Crippen LogP contribution in [0.15, 0.2) is 115 Å². The molecule has 3 nitrogen and oxygen atoms in total. The topological polar surface area (TPSA) is 35.5 Å². The standard InChI is InChI=1S/C27H22O3/c28-27(26(22-12-6-2-7-13-22)23-14-8-3-9-15-23)30-25-18-16-24(17-19-25)29-20-21-10-4-1-5-11-21/h1-19,26H,20H2. The molecule has 0 N–H and O–H groups in total. The van der Waals surface area contributed by atoms with E-state index in [1.807, 2.05) is 103 Å². The average Bonchev–Trinajstić information content (AvgIpc) is 2.81. The predicted octanol–water partition coefficient (Wildman–Crippen LogP) is 6.00. The van der Waals surface area contributed by atoms with Crippen LogP contribution in [-0.2, 0) is 11.4 Å². The molecule has 0 saturated heterocycles. The lowest BCUT2D eigenvalue weighted by molar-refractivity contribution is -0.135. The van der Waals surface area contributed by atoms with Gasteiger partial charge in [-0.1, -0.05) is 91.0 Å². The van der Waals surface area contributed by atoms with Crippen molar-refractivity contribution < 1.29 is 14.3 Å². The number of rotatable bonds is 7. The fraction of sp³-hybridized carbons (Fsp3) is 0.0741. The molecule has 0 aromatic heterocycles. The van der Waals surface area contributed by atoms with Gasteiger partial charge in [-0.15, -0.1) is 0 Å². The van der Waals surface area contributed by atoms with E-state index < -0.39 is 5.92 Å². The van der Waals surface area contributed by atoms with Crippen molar-refractivity contribution in [2.24, 2.45) is 0 Å². The van der Waals surface area contributed by atoms with Gasteiger partial charge in [0.25, 0.3) is 0 Å². The van der Waals surface area contributed by atoms with Gasteiger partial charge in [0.05, 0.1) is 0 Å². The van der Waals surface area contributed by atoms with Crippen molar-refractivity contribution in [1.82, 2.24) is 0 Å². The van der Waals surface area contributed by atoms with Crippen molar-refractivity contribution in [1.29, 1.82) is 0 Å². The molecular formula is C27H22O3. The van der Waals surface area contributed by atoms with Crippen molar-refractivity contribution in [3.05, 3.63) is 132 Å². The van der Waals surface area contributed by atoms with Gasteiger partial charge >= 0.3 is 5.97 Å². The molecule has 0 atom stereocenters. The molecule has 4 aromatic carbocycles. The second-order valence-electron chi connectivity index (χ2n) is 6.92. The minimum Gasteiger partial charge on any atom is -0.489 e. The van der Waals surface area contributed by atoms with E-state index in [4.69, 9.17) is 9.47 Å². The van der Waals surface area contributed by atoms with Crippen LogP contribution >= 0.6 is 0 Å². The van der Waals surface area contributed by atoms with Crippen LogP contribution in [0.4, 0.5) is 0 Å². The second-order valence-corrected chi connectivity index (χ2v) is 6.92. The lowest BCUT2D eigenvalue weighted by atomic mass is 9.91. The minimum atomic E-state index is -0.485. The Bertz CT molecular complexity index is 1020. The van der Waals surface area contributed by atoms with E-state index in [1.54, 1.807) is 12.1 Å². The molecule has 0 aliphatic carbocycles. The zero-order chi connectivity index (χ0) is 20.6. The average molecular weight is 394 g/mol. The van der Waals surface area contributed by atoms with Crippen LogP contribution in [-0.4, -0.2) is 5.97 Å². The van der Waals surface area contributed by atoms with Crippen LogP contribution in [0.5, 0.6) is 11.5 Å². The second kappa shape index (κ2) is 9.57. The number of carbonyl (C=O) groups is 1. The zero-order valence-corrected chi connectivity index (χ0v) is 16.5. The molecule has 3 heteroatoms. The van der Waals surface area contributed by atoms with Crippen molar-refractivity contribution >= 4 is 5.97 Å². The smallest absolute Gasteiger partial charge is 0.323 e. The highest BCUT2D eigenvalue weighted by molar-refractivity contribution is 5.84. The van der Waals surface area contributed by atoms with Gasteiger partial charge in [0.15, 0.2) is 0 Å². The molecular weight excluding hydrogens is 372 g/mol. The molecule has 0 heterocycles. The summed E-state index contributed by atoms with van der Waals surface area (Å²) in [4.78, 5) is 13.1. The molecule has 4 aromatic rings. The summed E-state index contributed by atoms with van der Waals surface area (Å²) < 4.78 is 11.5. The highest BCUT2D eigenvalue weighted by atomic mass is 16.5. The molecule has 30 heavy (non-hydrogen) atoms. The quantitative estimate of drug-likeness (QED) is 0.285. The van der Waals surface area contributed by atoms with Crippen molar-refractivity contribution in [3.8, 4) is 11.5 Å². The largest absolute Gasteiger partial charge is 0.489 e. The molecule has 148 valence electrons. The van der Waals surface area contributed by atoms with Crippen LogP contribution in [0.2, 0.25) is 0 Å². The third-order valence-corrected chi connectivity index (χ3v) is 4.79. The van der Waals surface area contributed by atoms with Gasteiger partial charge in [-0.25, -0.2) is 0 Å². The minimum absolute atomic E-state index is 0.314. The summed E-state index contributed by atoms with van der Waals surface area (Å²) in [5.74, 6) is 0.414. The maximum Gasteiger partial charge on any atom is 0.323 e. The Hall–Kier alpha value is -3.85. The van der Waals surface area contributed by atoms with Gasteiger partial charge in [0.2, 0.25) is 0 Å². The van der Waals surface area contributed by atoms with Crippen LogP contribution in [0, 0.1) is 0 Å². The first-order valence-corrected chi connectivity index (χ1v) is 9.88. The number of hydrogen-bond acceptors (Lipinski definition) is 3. The van der Waals surface area contributed by atoms with Gasteiger partial charge < -0.3 is 9.47 Å². The lowest BCUT2D eigenvalue weighted by Gasteiger charge is -2.17. The first-order valence-electron chi connectivity index (χ1n) is 9.88. The summed E-state index contributed by atoms with van der Waals surface area (Å²) in [6.07, 6.45) is 0. The summed E-state index contributed by atoms with van der Waals surface area (Å²) in [5.41, 5.74) is 2.90. The Balaban J connectivity index is 1.46. The van der Waals surface area contributed by atoms with Gasteiger partial charge in [0, 0.05) is 0 Å². The predicted molar refractivity (Wildman–Crippen MR) is 118 cm³/mol. The molecule has 0 spiro atoms. The van der Waals surface area contributed by atoms with E-state index >= 15 is 0 Å². The third kappa shape index (κ3) is 4.95. The molecule has 4 rings (SSSR count). The monoisotopic (exact) mass is 394 g/mol. The Labute approximate surface area is 176 Å². The van der Waals surface area contributed by atoms with Crippen molar-refractivity contribution in [3.63, 3.8) is 0 Å². The first kappa shape index (κ1) is 19.5. The van der Waals surface area contributed by atoms with Gasteiger partial charge in [-0.05, 0) is 41.0 Å². The van der Waals surface area contributed by atoms with E-state index in [0.29, 0.717) is 12.4 Å². The van der Waals surface area contributed by atoms with Gasteiger partial charge in [-0.3, -0.25) is 4.79 Å². The van der Waals surface area contributed by atoms with Gasteiger partial charge in [-0.2, -0.15) is 0 Å². The van der Waals surface area contributed by atoms with E-state index in [0.717, 1.165) is 22.4 Å². The number of benzene rings is 4. The number of esters is 1. The normalized spacial score (nSPS) is 10.6. The molecule has 0 aliphatic rings. The molecule has 0 saturated carbocycles. The number of carbonyl (C=O) groups excluding carboxylic acids is 1. The first-order chi connectivity index (χ1) is 14.8. The summed E-state index contributed by atoms with van der Waals surface area (Å²) in [6, 6.07) is 36.5. The van der Waals surface area contributed by atoms with Crippen LogP contribution < -0.4 is 9.47 Å². The summed E-state index contributed by atoms with van der Waals surface area (Å²) >= 11 is 0. The Morgan fingerprint density at radius 3 is 1.60 bits per heavy atom. The molecule has 0 amide bonds. The van der Waals surface area contributed by atoms with E-state index in [2.05, 4.69) is 0 Å². The van der Waals surface area contributed by atoms with E-state index in [1.165, 1.54) is 0 Å². The molecule has 0 bridgehead atoms. The number of ether oxygens (including phenoxy) is 2. The maximum atomic E-state index is 13.1. The summed E-state index contributed by atoms with van der Waals surface area (Å²) in [7, 11) is 0.